The van der Waals surface area contributed by atoms with Crippen LogP contribution in [0.5, 0.6) is 5.75 Å². The van der Waals surface area contributed by atoms with Crippen molar-refractivity contribution in [1.82, 2.24) is 4.90 Å². The number of carboxylic acids is 1. The van der Waals surface area contributed by atoms with E-state index in [1.54, 1.807) is 0 Å². The van der Waals surface area contributed by atoms with Crippen molar-refractivity contribution in [2.24, 2.45) is 0 Å². The van der Waals surface area contributed by atoms with Crippen molar-refractivity contribution in [3.63, 3.8) is 0 Å². The van der Waals surface area contributed by atoms with Crippen LogP contribution in [0.3, 0.4) is 0 Å². The lowest BCUT2D eigenvalue weighted by atomic mass is 10.2. The van der Waals surface area contributed by atoms with E-state index in [1.807, 2.05) is 0 Å². The Balaban J connectivity index is 2.09. The van der Waals surface area contributed by atoms with Gasteiger partial charge in [-0.3, -0.25) is 0 Å². The summed E-state index contributed by atoms with van der Waals surface area (Å²) in [7, 11) is 0. The summed E-state index contributed by atoms with van der Waals surface area (Å²) in [5.74, 6) is -1.63. The number of aromatic hydroxyl groups is 1. The first-order valence-electron chi connectivity index (χ1n) is 5.77. The van der Waals surface area contributed by atoms with E-state index in [4.69, 9.17) is 5.11 Å². The molecular formula is C12H14N2O5. The lowest BCUT2D eigenvalue weighted by Gasteiger charge is -2.16. The van der Waals surface area contributed by atoms with Crippen molar-refractivity contribution in [2.75, 3.05) is 18.4 Å². The molecule has 2 amide bonds. The SMILES string of the molecule is O=C(O)c1cc(NC(=O)N2CCC(O)C2)ccc1O. The van der Waals surface area contributed by atoms with Gasteiger partial charge >= 0.3 is 12.0 Å². The molecule has 2 rings (SSSR count). The van der Waals surface area contributed by atoms with Gasteiger partial charge in [-0.2, -0.15) is 0 Å². The van der Waals surface area contributed by atoms with Gasteiger partial charge in [0.05, 0.1) is 6.10 Å². The molecule has 19 heavy (non-hydrogen) atoms. The van der Waals surface area contributed by atoms with E-state index in [0.29, 0.717) is 13.0 Å². The second kappa shape index (κ2) is 5.15. The molecule has 7 nitrogen and oxygen atoms in total. The molecule has 102 valence electrons. The number of carbonyl (C=O) groups excluding carboxylic acids is 1. The van der Waals surface area contributed by atoms with Crippen LogP contribution in [-0.4, -0.2) is 51.4 Å². The van der Waals surface area contributed by atoms with E-state index in [9.17, 15) is 19.8 Å². The zero-order valence-corrected chi connectivity index (χ0v) is 10.0. The number of nitrogens with one attached hydrogen (secondary N) is 1. The predicted molar refractivity (Wildman–Crippen MR) is 66.3 cm³/mol. The van der Waals surface area contributed by atoms with Crippen LogP contribution in [0, 0.1) is 0 Å². The van der Waals surface area contributed by atoms with Gasteiger partial charge in [-0.1, -0.05) is 0 Å². The molecule has 7 heteroatoms. The number of aliphatic hydroxyl groups excluding tert-OH is 1. The third-order valence-electron chi connectivity index (χ3n) is 2.93. The Hall–Kier alpha value is -2.28. The number of phenols is 1. The van der Waals surface area contributed by atoms with Gasteiger partial charge in [0.15, 0.2) is 0 Å². The van der Waals surface area contributed by atoms with Gasteiger partial charge in [0, 0.05) is 18.8 Å². The Morgan fingerprint density at radius 2 is 2.11 bits per heavy atom. The Bertz CT molecular complexity index is 517. The highest BCUT2D eigenvalue weighted by molar-refractivity contribution is 5.95. The largest absolute Gasteiger partial charge is 0.507 e. The highest BCUT2D eigenvalue weighted by Gasteiger charge is 2.24. The summed E-state index contributed by atoms with van der Waals surface area (Å²) >= 11 is 0. The number of amides is 2. The van der Waals surface area contributed by atoms with Gasteiger partial charge in [-0.15, -0.1) is 0 Å². The van der Waals surface area contributed by atoms with Crippen molar-refractivity contribution >= 4 is 17.7 Å². The fourth-order valence-electron chi connectivity index (χ4n) is 1.91. The molecule has 1 atom stereocenters. The lowest BCUT2D eigenvalue weighted by molar-refractivity contribution is 0.0693. The molecule has 1 aromatic carbocycles. The summed E-state index contributed by atoms with van der Waals surface area (Å²) in [5, 5.41) is 30.1. The molecule has 1 aromatic rings. The molecule has 1 aliphatic heterocycles. The van der Waals surface area contributed by atoms with Crippen LogP contribution in [0.15, 0.2) is 18.2 Å². The normalized spacial score (nSPS) is 18.4. The van der Waals surface area contributed by atoms with Crippen molar-refractivity contribution in [1.29, 1.82) is 0 Å². The van der Waals surface area contributed by atoms with E-state index in [-0.39, 0.29) is 23.5 Å². The molecule has 1 saturated heterocycles. The fourth-order valence-corrected chi connectivity index (χ4v) is 1.91. The van der Waals surface area contributed by atoms with E-state index >= 15 is 0 Å². The van der Waals surface area contributed by atoms with Crippen LogP contribution in [0.4, 0.5) is 10.5 Å². The van der Waals surface area contributed by atoms with Crippen LogP contribution < -0.4 is 5.32 Å². The summed E-state index contributed by atoms with van der Waals surface area (Å²) in [5.41, 5.74) is 0.000784. The summed E-state index contributed by atoms with van der Waals surface area (Å²) in [6, 6.07) is 3.39. The lowest BCUT2D eigenvalue weighted by Crippen LogP contribution is -2.33. The Morgan fingerprint density at radius 1 is 1.37 bits per heavy atom. The number of aromatic carboxylic acids is 1. The molecule has 0 aliphatic carbocycles. The van der Waals surface area contributed by atoms with Crippen LogP contribution in [0.2, 0.25) is 0 Å². The molecule has 0 radical (unpaired) electrons. The number of benzene rings is 1. The van der Waals surface area contributed by atoms with Crippen molar-refractivity contribution < 1.29 is 24.9 Å². The minimum Gasteiger partial charge on any atom is -0.507 e. The summed E-state index contributed by atoms with van der Waals surface area (Å²) in [6.07, 6.45) is 0.0174. The average Bonchev–Trinajstić information content (AvgIpc) is 2.78. The number of hydrogen-bond acceptors (Lipinski definition) is 4. The number of hydrogen-bond donors (Lipinski definition) is 4. The Labute approximate surface area is 109 Å². The number of nitrogens with zero attached hydrogens (tertiary/aromatic N) is 1. The van der Waals surface area contributed by atoms with Gasteiger partial charge in [0.25, 0.3) is 0 Å². The van der Waals surface area contributed by atoms with Gasteiger partial charge in [-0.05, 0) is 24.6 Å². The zero-order valence-electron chi connectivity index (χ0n) is 10.0. The molecule has 0 spiro atoms. The van der Waals surface area contributed by atoms with Gasteiger partial charge < -0.3 is 25.5 Å². The molecule has 0 aromatic heterocycles. The average molecular weight is 266 g/mol. The van der Waals surface area contributed by atoms with Gasteiger partial charge in [0.2, 0.25) is 0 Å². The van der Waals surface area contributed by atoms with Crippen LogP contribution in [0.1, 0.15) is 16.8 Å². The first-order valence-corrected chi connectivity index (χ1v) is 5.77. The molecule has 1 heterocycles. The molecule has 0 bridgehead atoms. The summed E-state index contributed by atoms with van der Waals surface area (Å²) in [6.45, 7) is 0.715. The smallest absolute Gasteiger partial charge is 0.339 e. The molecule has 0 saturated carbocycles. The van der Waals surface area contributed by atoms with Crippen LogP contribution >= 0.6 is 0 Å². The number of rotatable bonds is 2. The molecule has 4 N–H and O–H groups in total. The number of urea groups is 1. The number of carbonyl (C=O) groups is 2. The van der Waals surface area contributed by atoms with E-state index < -0.39 is 18.1 Å². The van der Waals surface area contributed by atoms with Crippen molar-refractivity contribution in [3.05, 3.63) is 23.8 Å². The van der Waals surface area contributed by atoms with Crippen molar-refractivity contribution in [3.8, 4) is 5.75 Å². The van der Waals surface area contributed by atoms with Crippen molar-refractivity contribution in [2.45, 2.75) is 12.5 Å². The quantitative estimate of drug-likeness (QED) is 0.589. The Morgan fingerprint density at radius 3 is 2.68 bits per heavy atom. The number of β-amino-alcohol motifs (C(OH)–C–C–N with tert-alkyl or cyclic N) is 1. The second-order valence-corrected chi connectivity index (χ2v) is 4.36. The minimum atomic E-state index is -1.27. The number of carboxylic acid groups (broad SMARTS) is 1. The summed E-state index contributed by atoms with van der Waals surface area (Å²) in [4.78, 5) is 24.1. The van der Waals surface area contributed by atoms with Gasteiger partial charge in [-0.25, -0.2) is 9.59 Å². The molecule has 1 unspecified atom stereocenters. The van der Waals surface area contributed by atoms with E-state index in [0.717, 1.165) is 0 Å². The monoisotopic (exact) mass is 266 g/mol. The third kappa shape index (κ3) is 2.94. The first kappa shape index (κ1) is 13.2. The standard InChI is InChI=1S/C12H14N2O5/c15-8-3-4-14(6-8)12(19)13-7-1-2-10(16)9(5-7)11(17)18/h1-2,5,8,15-16H,3-4,6H2,(H,13,19)(H,17,18). The molecule has 1 fully saturated rings. The highest BCUT2D eigenvalue weighted by atomic mass is 16.4. The number of aliphatic hydroxyl groups is 1. The minimum absolute atomic E-state index is 0.260. The van der Waals surface area contributed by atoms with Gasteiger partial charge in [0.1, 0.15) is 11.3 Å². The maximum atomic E-state index is 11.8. The Kier molecular flexibility index (Phi) is 3.57. The summed E-state index contributed by atoms with van der Waals surface area (Å²) < 4.78 is 0. The number of likely N-dealkylation sites (tertiary alicyclic amines) is 1. The molecular weight excluding hydrogens is 252 g/mol. The van der Waals surface area contributed by atoms with E-state index in [1.165, 1.54) is 23.1 Å². The van der Waals surface area contributed by atoms with Crippen LogP contribution in [-0.2, 0) is 0 Å². The van der Waals surface area contributed by atoms with E-state index in [2.05, 4.69) is 5.32 Å². The third-order valence-corrected chi connectivity index (χ3v) is 2.93. The maximum Gasteiger partial charge on any atom is 0.339 e. The predicted octanol–water partition coefficient (Wildman–Crippen LogP) is 0.689. The molecule has 1 aliphatic rings. The topological polar surface area (TPSA) is 110 Å². The first-order chi connectivity index (χ1) is 8.97. The second-order valence-electron chi connectivity index (χ2n) is 4.36. The zero-order chi connectivity index (χ0) is 14.0. The maximum absolute atomic E-state index is 11.8. The highest BCUT2D eigenvalue weighted by Crippen LogP contribution is 2.22. The van der Waals surface area contributed by atoms with Crippen LogP contribution in [0.25, 0.3) is 0 Å². The number of anilines is 1. The fraction of sp³-hybridized carbons (Fsp3) is 0.333.